The average Bonchev–Trinajstić information content (AvgIpc) is 2.98. The van der Waals surface area contributed by atoms with Crippen LogP contribution in [0.15, 0.2) is 35.5 Å². The van der Waals surface area contributed by atoms with Crippen LogP contribution in [-0.2, 0) is 10.0 Å². The van der Waals surface area contributed by atoms with E-state index in [1.807, 2.05) is 14.0 Å². The van der Waals surface area contributed by atoms with Crippen LogP contribution < -0.4 is 5.32 Å². The van der Waals surface area contributed by atoms with Crippen LogP contribution in [0.5, 0.6) is 0 Å². The van der Waals surface area contributed by atoms with Gasteiger partial charge in [-0.25, -0.2) is 12.8 Å². The Bertz CT molecular complexity index is 836. The van der Waals surface area contributed by atoms with E-state index in [9.17, 15) is 12.8 Å². The number of fused-ring (bicyclic) bond motifs is 1. The number of aromatic nitrogens is 1. The van der Waals surface area contributed by atoms with Crippen molar-refractivity contribution < 1.29 is 12.8 Å². The molecule has 5 nitrogen and oxygen atoms in total. The van der Waals surface area contributed by atoms with Gasteiger partial charge in [0.1, 0.15) is 0 Å². The molecule has 0 aliphatic carbocycles. The van der Waals surface area contributed by atoms with Gasteiger partial charge in [-0.15, -0.1) is 0 Å². The van der Waals surface area contributed by atoms with Crippen LogP contribution in [0.4, 0.5) is 4.39 Å². The summed E-state index contributed by atoms with van der Waals surface area (Å²) in [6.07, 6.45) is 4.98. The molecule has 2 aromatic rings. The van der Waals surface area contributed by atoms with Crippen LogP contribution >= 0.6 is 0 Å². The van der Waals surface area contributed by atoms with E-state index in [2.05, 4.69) is 10.3 Å². The maximum atomic E-state index is 14.3. The van der Waals surface area contributed by atoms with E-state index < -0.39 is 15.8 Å². The van der Waals surface area contributed by atoms with E-state index in [1.54, 1.807) is 12.1 Å². The summed E-state index contributed by atoms with van der Waals surface area (Å²) >= 11 is 0. The van der Waals surface area contributed by atoms with Crippen molar-refractivity contribution >= 4 is 20.8 Å². The number of benzene rings is 1. The van der Waals surface area contributed by atoms with Gasteiger partial charge in [-0.3, -0.25) is 4.98 Å². The summed E-state index contributed by atoms with van der Waals surface area (Å²) in [5.74, 6) is -0.608. The second kappa shape index (κ2) is 6.74. The van der Waals surface area contributed by atoms with Gasteiger partial charge in [-0.1, -0.05) is 25.5 Å². The predicted octanol–water partition coefficient (Wildman–Crippen LogP) is 2.53. The molecular weight excluding hydrogens is 329 g/mol. The fraction of sp³-hybridized carbons (Fsp3) is 0.471. The zero-order valence-electron chi connectivity index (χ0n) is 13.9. The van der Waals surface area contributed by atoms with Crippen molar-refractivity contribution in [2.24, 2.45) is 0 Å². The molecule has 24 heavy (non-hydrogen) atoms. The normalized spacial score (nSPS) is 22.3. The van der Waals surface area contributed by atoms with E-state index in [4.69, 9.17) is 0 Å². The van der Waals surface area contributed by atoms with Crippen LogP contribution in [0.25, 0.3) is 10.8 Å². The minimum Gasteiger partial charge on any atom is -0.315 e. The van der Waals surface area contributed by atoms with Gasteiger partial charge in [0, 0.05) is 35.6 Å². The van der Waals surface area contributed by atoms with Gasteiger partial charge in [0.25, 0.3) is 0 Å². The zero-order chi connectivity index (χ0) is 17.3. The minimum absolute atomic E-state index is 0.0257. The first-order valence-corrected chi connectivity index (χ1v) is 9.66. The van der Waals surface area contributed by atoms with Gasteiger partial charge < -0.3 is 5.32 Å². The molecule has 1 saturated heterocycles. The second-order valence-corrected chi connectivity index (χ2v) is 7.99. The van der Waals surface area contributed by atoms with E-state index >= 15 is 0 Å². The van der Waals surface area contributed by atoms with Gasteiger partial charge in [-0.05, 0) is 26.0 Å². The van der Waals surface area contributed by atoms with Crippen molar-refractivity contribution in [3.05, 3.63) is 36.4 Å². The summed E-state index contributed by atoms with van der Waals surface area (Å²) in [6.45, 7) is 2.49. The van der Waals surface area contributed by atoms with Crippen LogP contribution in [0.3, 0.4) is 0 Å². The highest BCUT2D eigenvalue weighted by atomic mass is 32.2. The lowest BCUT2D eigenvalue weighted by atomic mass is 10.1. The smallest absolute Gasteiger partial charge is 0.244 e. The van der Waals surface area contributed by atoms with E-state index in [-0.39, 0.29) is 22.4 Å². The Kier molecular flexibility index (Phi) is 4.85. The summed E-state index contributed by atoms with van der Waals surface area (Å²) in [5, 5.41) is 3.82. The average molecular weight is 351 g/mol. The molecule has 0 spiro atoms. The van der Waals surface area contributed by atoms with Crippen LogP contribution in [0, 0.1) is 5.82 Å². The number of rotatable bonds is 5. The highest BCUT2D eigenvalue weighted by molar-refractivity contribution is 7.89. The van der Waals surface area contributed by atoms with Gasteiger partial charge in [0.05, 0.1) is 11.1 Å². The summed E-state index contributed by atoms with van der Waals surface area (Å²) in [7, 11) is -1.92. The SMILES string of the molecule is CCCC1C(NC)CCN1S(=O)(=O)c1cccc2cncc(F)c12. The first kappa shape index (κ1) is 17.3. The predicted molar refractivity (Wildman–Crippen MR) is 91.8 cm³/mol. The second-order valence-electron chi connectivity index (χ2n) is 6.13. The van der Waals surface area contributed by atoms with Crippen molar-refractivity contribution in [1.82, 2.24) is 14.6 Å². The molecule has 1 aromatic carbocycles. The molecule has 130 valence electrons. The number of sulfonamides is 1. The fourth-order valence-electron chi connectivity index (χ4n) is 3.60. The number of hydrogen-bond acceptors (Lipinski definition) is 4. The standard InChI is InChI=1S/C17H22FN3O2S/c1-3-5-15-14(19-2)8-9-21(15)24(22,23)16-7-4-6-12-10-20-11-13(18)17(12)16/h4,6-7,10-11,14-15,19H,3,5,8-9H2,1-2H3. The molecule has 0 bridgehead atoms. The Morgan fingerprint density at radius 2 is 2.17 bits per heavy atom. The molecule has 1 N–H and O–H groups in total. The Morgan fingerprint density at radius 1 is 1.38 bits per heavy atom. The van der Waals surface area contributed by atoms with Crippen LogP contribution in [-0.4, -0.2) is 43.4 Å². The van der Waals surface area contributed by atoms with E-state index in [1.165, 1.54) is 16.6 Å². The molecular formula is C17H22FN3O2S. The fourth-order valence-corrected chi connectivity index (χ4v) is 5.53. The first-order valence-electron chi connectivity index (χ1n) is 8.22. The molecule has 1 fully saturated rings. The summed E-state index contributed by atoms with van der Waals surface area (Å²) in [6, 6.07) is 4.81. The number of pyridine rings is 1. The summed E-state index contributed by atoms with van der Waals surface area (Å²) < 4.78 is 42.3. The maximum absolute atomic E-state index is 14.3. The lowest BCUT2D eigenvalue weighted by Gasteiger charge is -2.27. The van der Waals surface area contributed by atoms with E-state index in [0.29, 0.717) is 11.9 Å². The topological polar surface area (TPSA) is 62.3 Å². The molecule has 1 aliphatic heterocycles. The quantitative estimate of drug-likeness (QED) is 0.899. The lowest BCUT2D eigenvalue weighted by molar-refractivity contribution is 0.334. The van der Waals surface area contributed by atoms with Crippen molar-refractivity contribution in [2.45, 2.75) is 43.2 Å². The number of hydrogen-bond donors (Lipinski definition) is 1. The monoisotopic (exact) mass is 351 g/mol. The third kappa shape index (κ3) is 2.81. The number of halogens is 1. The van der Waals surface area contributed by atoms with Crippen LogP contribution in [0.2, 0.25) is 0 Å². The summed E-state index contributed by atoms with van der Waals surface area (Å²) in [5.41, 5.74) is 0. The Labute approximate surface area is 141 Å². The van der Waals surface area contributed by atoms with Crippen LogP contribution in [0.1, 0.15) is 26.2 Å². The van der Waals surface area contributed by atoms with Gasteiger partial charge in [0.15, 0.2) is 5.82 Å². The molecule has 3 rings (SSSR count). The molecule has 1 aromatic heterocycles. The van der Waals surface area contributed by atoms with Gasteiger partial charge >= 0.3 is 0 Å². The third-order valence-corrected chi connectivity index (χ3v) is 6.70. The lowest BCUT2D eigenvalue weighted by Crippen LogP contribution is -2.43. The molecule has 0 saturated carbocycles. The molecule has 2 atom stereocenters. The number of nitrogens with zero attached hydrogens (tertiary/aromatic N) is 2. The van der Waals surface area contributed by atoms with E-state index in [0.717, 1.165) is 25.5 Å². The molecule has 0 amide bonds. The maximum Gasteiger partial charge on any atom is 0.244 e. The minimum atomic E-state index is -3.78. The molecule has 2 heterocycles. The van der Waals surface area contributed by atoms with Gasteiger partial charge in [0.2, 0.25) is 10.0 Å². The Balaban J connectivity index is 2.12. The molecule has 2 unspecified atom stereocenters. The molecule has 7 heteroatoms. The zero-order valence-corrected chi connectivity index (χ0v) is 14.7. The van der Waals surface area contributed by atoms with Crippen molar-refractivity contribution in [2.75, 3.05) is 13.6 Å². The third-order valence-electron chi connectivity index (χ3n) is 4.74. The van der Waals surface area contributed by atoms with Crippen molar-refractivity contribution in [1.29, 1.82) is 0 Å². The van der Waals surface area contributed by atoms with Crippen molar-refractivity contribution in [3.8, 4) is 0 Å². The van der Waals surface area contributed by atoms with Gasteiger partial charge in [-0.2, -0.15) is 4.31 Å². The number of likely N-dealkylation sites (N-methyl/N-ethyl adjacent to an activating group) is 1. The first-order chi connectivity index (χ1) is 11.5. The largest absolute Gasteiger partial charge is 0.315 e. The Hall–Kier alpha value is -1.57. The summed E-state index contributed by atoms with van der Waals surface area (Å²) in [4.78, 5) is 3.84. The van der Waals surface area contributed by atoms with Crippen molar-refractivity contribution in [3.63, 3.8) is 0 Å². The Morgan fingerprint density at radius 3 is 2.88 bits per heavy atom. The molecule has 0 radical (unpaired) electrons. The highest BCUT2D eigenvalue weighted by Gasteiger charge is 2.41. The molecule has 1 aliphatic rings. The number of nitrogens with one attached hydrogen (secondary N) is 1. The highest BCUT2D eigenvalue weighted by Crippen LogP contribution is 2.33.